The summed E-state index contributed by atoms with van der Waals surface area (Å²) >= 11 is 1.47. The second kappa shape index (κ2) is 4.30. The molecule has 0 radical (unpaired) electrons. The lowest BCUT2D eigenvalue weighted by Crippen LogP contribution is -2.22. The average Bonchev–Trinajstić information content (AvgIpc) is 2.47. The molecule has 0 atom stereocenters. The molecule has 3 nitrogen and oxygen atoms in total. The highest BCUT2D eigenvalue weighted by atomic mass is 32.1. The van der Waals surface area contributed by atoms with Crippen LogP contribution in [0.1, 0.15) is 20.3 Å². The smallest absolute Gasteiger partial charge is 0.139 e. The van der Waals surface area contributed by atoms with Gasteiger partial charge in [0, 0.05) is 19.2 Å². The Morgan fingerprint density at radius 1 is 1.58 bits per heavy atom. The minimum absolute atomic E-state index is 0.629. The molecule has 0 unspecified atom stereocenters. The van der Waals surface area contributed by atoms with Crippen LogP contribution in [0.2, 0.25) is 0 Å². The third-order valence-electron chi connectivity index (χ3n) is 1.70. The number of aromatic nitrogens is 1. The highest BCUT2D eigenvalue weighted by molar-refractivity contribution is 7.10. The Morgan fingerprint density at radius 2 is 2.33 bits per heavy atom. The van der Waals surface area contributed by atoms with Gasteiger partial charge in [0.25, 0.3) is 0 Å². The molecule has 68 valence electrons. The molecule has 1 heterocycles. The van der Waals surface area contributed by atoms with Crippen LogP contribution in [0.5, 0.6) is 0 Å². The third kappa shape index (κ3) is 2.11. The molecule has 0 bridgehead atoms. The summed E-state index contributed by atoms with van der Waals surface area (Å²) in [5, 5.41) is 1.18. The number of hydrogen-bond donors (Lipinski definition) is 1. The third-order valence-corrected chi connectivity index (χ3v) is 2.57. The fraction of sp³-hybridized carbons (Fsp3) is 0.625. The molecule has 12 heavy (non-hydrogen) atoms. The molecule has 0 spiro atoms. The maximum absolute atomic E-state index is 5.54. The summed E-state index contributed by atoms with van der Waals surface area (Å²) < 4.78 is 4.05. The largest absolute Gasteiger partial charge is 0.383 e. The number of nitrogens with zero attached hydrogens (tertiary/aromatic N) is 2. The van der Waals surface area contributed by atoms with Crippen LogP contribution >= 0.6 is 11.5 Å². The Hall–Kier alpha value is -0.770. The van der Waals surface area contributed by atoms with Gasteiger partial charge in [0.15, 0.2) is 0 Å². The summed E-state index contributed by atoms with van der Waals surface area (Å²) in [4.78, 5) is 2.29. The number of rotatable bonds is 4. The standard InChI is InChI=1S/C8H15N3S/c1-3-5-11(4-2)8-6-7(9)10-12-8/h6H,3-5H2,1-2H3,(H2,9,10). The van der Waals surface area contributed by atoms with Crippen molar-refractivity contribution in [2.24, 2.45) is 0 Å². The predicted octanol–water partition coefficient (Wildman–Crippen LogP) is 1.96. The molecule has 2 N–H and O–H groups in total. The van der Waals surface area contributed by atoms with Crippen LogP contribution < -0.4 is 10.6 Å². The van der Waals surface area contributed by atoms with Crippen LogP contribution in [0.15, 0.2) is 6.07 Å². The molecule has 0 amide bonds. The zero-order valence-electron chi connectivity index (χ0n) is 7.58. The van der Waals surface area contributed by atoms with Crippen LogP contribution in [-0.4, -0.2) is 17.5 Å². The average molecular weight is 185 g/mol. The van der Waals surface area contributed by atoms with Gasteiger partial charge in [0.05, 0.1) is 0 Å². The highest BCUT2D eigenvalue weighted by Crippen LogP contribution is 2.22. The summed E-state index contributed by atoms with van der Waals surface area (Å²) in [6.07, 6.45) is 1.16. The summed E-state index contributed by atoms with van der Waals surface area (Å²) in [6.45, 7) is 6.42. The van der Waals surface area contributed by atoms with Crippen molar-refractivity contribution in [2.45, 2.75) is 20.3 Å². The van der Waals surface area contributed by atoms with Crippen molar-refractivity contribution in [3.8, 4) is 0 Å². The Balaban J connectivity index is 2.66. The minimum Gasteiger partial charge on any atom is -0.383 e. The summed E-state index contributed by atoms with van der Waals surface area (Å²) in [6, 6.07) is 1.93. The number of hydrogen-bond acceptors (Lipinski definition) is 4. The quantitative estimate of drug-likeness (QED) is 0.779. The molecule has 0 saturated carbocycles. The number of nitrogens with two attached hydrogens (primary N) is 1. The van der Waals surface area contributed by atoms with E-state index in [4.69, 9.17) is 5.73 Å². The molecule has 0 aliphatic heterocycles. The Bertz CT molecular complexity index is 234. The van der Waals surface area contributed by atoms with Crippen LogP contribution in [0.25, 0.3) is 0 Å². The van der Waals surface area contributed by atoms with Crippen LogP contribution in [-0.2, 0) is 0 Å². The normalized spacial score (nSPS) is 10.2. The zero-order chi connectivity index (χ0) is 8.97. The molecule has 0 fully saturated rings. The maximum atomic E-state index is 5.54. The maximum Gasteiger partial charge on any atom is 0.139 e. The van der Waals surface area contributed by atoms with Crippen molar-refractivity contribution in [3.05, 3.63) is 6.07 Å². The molecule has 0 aliphatic rings. The van der Waals surface area contributed by atoms with E-state index in [1.165, 1.54) is 16.5 Å². The molecule has 0 aromatic carbocycles. The van der Waals surface area contributed by atoms with E-state index in [-0.39, 0.29) is 0 Å². The second-order valence-electron chi connectivity index (χ2n) is 2.67. The lowest BCUT2D eigenvalue weighted by Gasteiger charge is -2.18. The second-order valence-corrected chi connectivity index (χ2v) is 3.45. The van der Waals surface area contributed by atoms with Gasteiger partial charge < -0.3 is 10.6 Å². The van der Waals surface area contributed by atoms with Crippen molar-refractivity contribution in [1.82, 2.24) is 4.37 Å². The molecular formula is C8H15N3S. The van der Waals surface area contributed by atoms with E-state index < -0.39 is 0 Å². The first-order chi connectivity index (χ1) is 5.77. The van der Waals surface area contributed by atoms with Gasteiger partial charge in [-0.2, -0.15) is 4.37 Å². The zero-order valence-corrected chi connectivity index (χ0v) is 8.40. The van der Waals surface area contributed by atoms with Crippen LogP contribution in [0.3, 0.4) is 0 Å². The van der Waals surface area contributed by atoms with Gasteiger partial charge in [-0.1, -0.05) is 6.92 Å². The lowest BCUT2D eigenvalue weighted by atomic mass is 10.4. The topological polar surface area (TPSA) is 42.1 Å². The van der Waals surface area contributed by atoms with E-state index in [1.807, 2.05) is 6.07 Å². The molecule has 4 heteroatoms. The fourth-order valence-corrected chi connectivity index (χ4v) is 1.88. The van der Waals surface area contributed by atoms with Crippen molar-refractivity contribution < 1.29 is 0 Å². The molecule has 1 aromatic rings. The molecular weight excluding hydrogens is 170 g/mol. The minimum atomic E-state index is 0.629. The molecule has 0 saturated heterocycles. The van der Waals surface area contributed by atoms with E-state index in [2.05, 4.69) is 23.1 Å². The van der Waals surface area contributed by atoms with Gasteiger partial charge >= 0.3 is 0 Å². The SMILES string of the molecule is CCCN(CC)c1cc(N)ns1. The first-order valence-corrected chi connectivity index (χ1v) is 5.02. The van der Waals surface area contributed by atoms with Crippen LogP contribution in [0.4, 0.5) is 10.8 Å². The number of anilines is 2. The summed E-state index contributed by atoms with van der Waals surface area (Å²) in [5.74, 6) is 0.629. The van der Waals surface area contributed by atoms with Crippen LogP contribution in [0, 0.1) is 0 Å². The van der Waals surface area contributed by atoms with E-state index in [0.717, 1.165) is 19.5 Å². The number of nitrogen functional groups attached to an aromatic ring is 1. The van der Waals surface area contributed by atoms with E-state index in [9.17, 15) is 0 Å². The van der Waals surface area contributed by atoms with E-state index >= 15 is 0 Å². The summed E-state index contributed by atoms with van der Waals surface area (Å²) in [7, 11) is 0. The van der Waals surface area contributed by atoms with E-state index in [0.29, 0.717) is 5.82 Å². The van der Waals surface area contributed by atoms with Crippen molar-refractivity contribution >= 4 is 22.4 Å². The first-order valence-electron chi connectivity index (χ1n) is 4.25. The predicted molar refractivity (Wildman–Crippen MR) is 54.7 cm³/mol. The summed E-state index contributed by atoms with van der Waals surface area (Å²) in [5.41, 5.74) is 5.54. The molecule has 0 aliphatic carbocycles. The van der Waals surface area contributed by atoms with Gasteiger partial charge in [0.2, 0.25) is 0 Å². The van der Waals surface area contributed by atoms with Gasteiger partial charge in [-0.25, -0.2) is 0 Å². The lowest BCUT2D eigenvalue weighted by molar-refractivity contribution is 0.799. The Labute approximate surface area is 77.4 Å². The van der Waals surface area contributed by atoms with E-state index in [1.54, 1.807) is 0 Å². The van der Waals surface area contributed by atoms with Gasteiger partial charge in [-0.05, 0) is 24.9 Å². The Morgan fingerprint density at radius 3 is 2.75 bits per heavy atom. The first kappa shape index (κ1) is 9.32. The molecule has 1 rings (SSSR count). The Kier molecular flexibility index (Phi) is 3.34. The fourth-order valence-electron chi connectivity index (χ4n) is 1.12. The van der Waals surface area contributed by atoms with Gasteiger partial charge in [-0.15, -0.1) is 0 Å². The van der Waals surface area contributed by atoms with Gasteiger partial charge in [0.1, 0.15) is 10.8 Å². The monoisotopic (exact) mass is 185 g/mol. The van der Waals surface area contributed by atoms with Gasteiger partial charge in [-0.3, -0.25) is 0 Å². The highest BCUT2D eigenvalue weighted by Gasteiger charge is 2.05. The van der Waals surface area contributed by atoms with Crippen molar-refractivity contribution in [2.75, 3.05) is 23.7 Å². The molecule has 1 aromatic heterocycles. The van der Waals surface area contributed by atoms with Crippen molar-refractivity contribution in [3.63, 3.8) is 0 Å². The van der Waals surface area contributed by atoms with Crippen molar-refractivity contribution in [1.29, 1.82) is 0 Å².